The van der Waals surface area contributed by atoms with Crippen LogP contribution in [0.4, 0.5) is 0 Å². The Morgan fingerprint density at radius 3 is 2.64 bits per heavy atom. The second kappa shape index (κ2) is 6.78. The number of quaternary nitrogens is 1. The number of rotatable bonds is 2. The maximum absolute atomic E-state index is 6.71. The molecule has 1 spiro atoms. The second-order valence-corrected chi connectivity index (χ2v) is 8.75. The van der Waals surface area contributed by atoms with Crippen LogP contribution in [-0.2, 0) is 0 Å². The van der Waals surface area contributed by atoms with Gasteiger partial charge in [-0.25, -0.2) is 5.01 Å². The zero-order chi connectivity index (χ0) is 19.3. The third kappa shape index (κ3) is 2.90. The molecule has 3 aliphatic rings. The first-order valence-corrected chi connectivity index (χ1v) is 10.7. The van der Waals surface area contributed by atoms with E-state index in [-0.39, 0.29) is 11.8 Å². The van der Waals surface area contributed by atoms with Gasteiger partial charge in [0.2, 0.25) is 5.72 Å². The van der Waals surface area contributed by atoms with Crippen molar-refractivity contribution in [3.05, 3.63) is 64.2 Å². The molecule has 2 aromatic carbocycles. The lowest BCUT2D eigenvalue weighted by Crippen LogP contribution is -3.13. The van der Waals surface area contributed by atoms with E-state index in [1.54, 1.807) is 4.90 Å². The molecule has 1 atom stereocenters. The van der Waals surface area contributed by atoms with Crippen LogP contribution in [0.1, 0.15) is 48.9 Å². The van der Waals surface area contributed by atoms with E-state index >= 15 is 0 Å². The Hall–Kier alpha value is -2.04. The summed E-state index contributed by atoms with van der Waals surface area (Å²) in [6.45, 7) is 7.85. The Bertz CT molecular complexity index is 916. The Kier molecular flexibility index (Phi) is 4.37. The average molecular weight is 397 g/mol. The Morgan fingerprint density at radius 1 is 1.18 bits per heavy atom. The number of likely N-dealkylation sites (tertiary alicyclic amines) is 1. The van der Waals surface area contributed by atoms with Crippen molar-refractivity contribution >= 4 is 17.3 Å². The van der Waals surface area contributed by atoms with Gasteiger partial charge in [-0.2, -0.15) is 5.10 Å². The molecular weight excluding hydrogens is 370 g/mol. The molecule has 28 heavy (non-hydrogen) atoms. The molecule has 3 aliphatic heterocycles. The van der Waals surface area contributed by atoms with Crippen LogP contribution in [0.2, 0.25) is 5.02 Å². The van der Waals surface area contributed by atoms with Gasteiger partial charge in [0.05, 0.1) is 44.2 Å². The lowest BCUT2D eigenvalue weighted by atomic mass is 9.90. The smallest absolute Gasteiger partial charge is 0.208 e. The molecule has 5 rings (SSSR count). The largest absolute Gasteiger partial charge is 0.466 e. The number of ether oxygens (including phenoxy) is 1. The van der Waals surface area contributed by atoms with Crippen LogP contribution in [0.5, 0.6) is 5.75 Å². The monoisotopic (exact) mass is 396 g/mol. The molecule has 0 amide bonds. The van der Waals surface area contributed by atoms with Crippen LogP contribution in [0.15, 0.2) is 47.6 Å². The summed E-state index contributed by atoms with van der Waals surface area (Å²) in [4.78, 5) is 1.65. The molecule has 0 aromatic heterocycles. The first-order valence-electron chi connectivity index (χ1n) is 10.3. The van der Waals surface area contributed by atoms with E-state index in [2.05, 4.69) is 49.2 Å². The van der Waals surface area contributed by atoms with E-state index in [9.17, 15) is 0 Å². The molecule has 4 nitrogen and oxygen atoms in total. The third-order valence-electron chi connectivity index (χ3n) is 6.57. The fourth-order valence-corrected chi connectivity index (χ4v) is 5.02. The minimum atomic E-state index is -0.320. The Labute approximate surface area is 171 Å². The fourth-order valence-electron chi connectivity index (χ4n) is 4.90. The van der Waals surface area contributed by atoms with Crippen molar-refractivity contribution in [1.82, 2.24) is 5.01 Å². The SMILES string of the molecule is CC[NH+]1CCC2(CC1)Oc1ccc(C)cc1[C@@H]1CC(c3ccc(Cl)cc3)=NN12. The van der Waals surface area contributed by atoms with E-state index in [0.717, 1.165) is 54.4 Å². The number of aryl methyl sites for hydroxylation is 1. The number of benzene rings is 2. The van der Waals surface area contributed by atoms with Crippen LogP contribution in [0, 0.1) is 6.92 Å². The van der Waals surface area contributed by atoms with Gasteiger partial charge < -0.3 is 9.64 Å². The predicted octanol–water partition coefficient (Wildman–Crippen LogP) is 3.59. The first kappa shape index (κ1) is 18.0. The van der Waals surface area contributed by atoms with Crippen LogP contribution in [0.3, 0.4) is 0 Å². The first-order chi connectivity index (χ1) is 13.6. The van der Waals surface area contributed by atoms with E-state index in [1.807, 2.05) is 12.1 Å². The highest BCUT2D eigenvalue weighted by atomic mass is 35.5. The van der Waals surface area contributed by atoms with Crippen molar-refractivity contribution < 1.29 is 9.64 Å². The number of nitrogens with zero attached hydrogens (tertiary/aromatic N) is 2. The quantitative estimate of drug-likeness (QED) is 0.840. The molecule has 3 heterocycles. The summed E-state index contributed by atoms with van der Waals surface area (Å²) in [5.74, 6) is 1.04. The van der Waals surface area contributed by atoms with Crippen LogP contribution in [0.25, 0.3) is 0 Å². The van der Waals surface area contributed by atoms with Crippen LogP contribution < -0.4 is 9.64 Å². The summed E-state index contributed by atoms with van der Waals surface area (Å²) >= 11 is 6.10. The van der Waals surface area contributed by atoms with Crippen molar-refractivity contribution in [1.29, 1.82) is 0 Å². The molecule has 2 aromatic rings. The minimum Gasteiger partial charge on any atom is -0.466 e. The second-order valence-electron chi connectivity index (χ2n) is 8.31. The highest BCUT2D eigenvalue weighted by Crippen LogP contribution is 2.49. The van der Waals surface area contributed by atoms with Gasteiger partial charge in [-0.05, 0) is 37.6 Å². The highest BCUT2D eigenvalue weighted by molar-refractivity contribution is 6.30. The van der Waals surface area contributed by atoms with Gasteiger partial charge >= 0.3 is 0 Å². The van der Waals surface area contributed by atoms with Crippen LogP contribution in [-0.4, -0.2) is 36.1 Å². The van der Waals surface area contributed by atoms with Crippen molar-refractivity contribution in [3.63, 3.8) is 0 Å². The normalized spacial score (nSPS) is 28.5. The highest BCUT2D eigenvalue weighted by Gasteiger charge is 2.52. The standard InChI is InChI=1S/C23H26ClN3O/c1-3-26-12-10-23(11-13-26)27-21(19-14-16(2)4-9-22(19)28-23)15-20(25-27)17-5-7-18(24)8-6-17/h4-9,14,21H,3,10-13,15H2,1-2H3/p+1/t21-/m0/s1. The topological polar surface area (TPSA) is 29.3 Å². The van der Waals surface area contributed by atoms with E-state index < -0.39 is 0 Å². The zero-order valence-electron chi connectivity index (χ0n) is 16.5. The molecule has 0 saturated carbocycles. The number of fused-ring (bicyclic) bond motifs is 4. The van der Waals surface area contributed by atoms with Crippen molar-refractivity contribution in [2.24, 2.45) is 5.10 Å². The van der Waals surface area contributed by atoms with Crippen molar-refractivity contribution in [2.75, 3.05) is 19.6 Å². The van der Waals surface area contributed by atoms with Crippen molar-refractivity contribution in [3.8, 4) is 5.75 Å². The summed E-state index contributed by atoms with van der Waals surface area (Å²) in [6, 6.07) is 14.9. The zero-order valence-corrected chi connectivity index (χ0v) is 17.3. The van der Waals surface area contributed by atoms with Gasteiger partial charge in [0.15, 0.2) is 0 Å². The Balaban J connectivity index is 1.56. The average Bonchev–Trinajstić information content (AvgIpc) is 3.17. The number of halogens is 1. The molecular formula is C23H27ClN3O+. The Morgan fingerprint density at radius 2 is 1.93 bits per heavy atom. The fraction of sp³-hybridized carbons (Fsp3) is 0.435. The number of hydrogen-bond acceptors (Lipinski definition) is 3. The van der Waals surface area contributed by atoms with E-state index in [0.29, 0.717) is 0 Å². The molecule has 0 aliphatic carbocycles. The summed E-state index contributed by atoms with van der Waals surface area (Å²) in [7, 11) is 0. The number of hydrazone groups is 1. The number of hydrogen-bond donors (Lipinski definition) is 1. The van der Waals surface area contributed by atoms with E-state index in [4.69, 9.17) is 21.4 Å². The van der Waals surface area contributed by atoms with Gasteiger partial charge in [-0.1, -0.05) is 41.4 Å². The van der Waals surface area contributed by atoms with Crippen LogP contribution >= 0.6 is 11.6 Å². The molecule has 0 radical (unpaired) electrons. The minimum absolute atomic E-state index is 0.248. The molecule has 0 unspecified atom stereocenters. The number of piperidine rings is 1. The third-order valence-corrected chi connectivity index (χ3v) is 6.82. The maximum Gasteiger partial charge on any atom is 0.208 e. The van der Waals surface area contributed by atoms with Gasteiger partial charge in [0, 0.05) is 17.0 Å². The lowest BCUT2D eigenvalue weighted by molar-refractivity contribution is -0.906. The summed E-state index contributed by atoms with van der Waals surface area (Å²) in [5.41, 5.74) is 4.50. The van der Waals surface area contributed by atoms with Gasteiger partial charge in [-0.15, -0.1) is 0 Å². The molecule has 1 N–H and O–H groups in total. The predicted molar refractivity (Wildman–Crippen MR) is 112 cm³/mol. The van der Waals surface area contributed by atoms with Gasteiger partial charge in [0.1, 0.15) is 5.75 Å². The van der Waals surface area contributed by atoms with Gasteiger partial charge in [-0.3, -0.25) is 0 Å². The molecule has 0 bridgehead atoms. The van der Waals surface area contributed by atoms with Crippen molar-refractivity contribution in [2.45, 2.75) is 44.9 Å². The summed E-state index contributed by atoms with van der Waals surface area (Å²) in [5, 5.41) is 8.20. The van der Waals surface area contributed by atoms with Gasteiger partial charge in [0.25, 0.3) is 0 Å². The number of nitrogens with one attached hydrogen (secondary N) is 1. The summed E-state index contributed by atoms with van der Waals surface area (Å²) < 4.78 is 6.71. The molecule has 1 saturated heterocycles. The lowest BCUT2D eigenvalue weighted by Gasteiger charge is -2.50. The molecule has 1 fully saturated rings. The molecule has 146 valence electrons. The summed E-state index contributed by atoms with van der Waals surface area (Å²) in [6.07, 6.45) is 2.93. The molecule has 5 heteroatoms. The maximum atomic E-state index is 6.71. The van der Waals surface area contributed by atoms with E-state index in [1.165, 1.54) is 17.7 Å².